The van der Waals surface area contributed by atoms with E-state index in [9.17, 15) is 9.59 Å². The number of nitrogens with zero attached hydrogens (tertiary/aromatic N) is 5. The van der Waals surface area contributed by atoms with Crippen LogP contribution < -0.4 is 9.47 Å². The molecule has 0 radical (unpaired) electrons. The Morgan fingerprint density at radius 3 is 2.57 bits per heavy atom. The van der Waals surface area contributed by atoms with Gasteiger partial charge in [-0.3, -0.25) is 19.5 Å². The second kappa shape index (κ2) is 11.4. The van der Waals surface area contributed by atoms with E-state index < -0.39 is 0 Å². The minimum atomic E-state index is -0.379. The third-order valence-electron chi connectivity index (χ3n) is 6.21. The third-order valence-corrected chi connectivity index (χ3v) is 6.44. The normalized spacial score (nSPS) is 15.2. The van der Waals surface area contributed by atoms with Crippen molar-refractivity contribution in [1.82, 2.24) is 19.8 Å². The molecule has 190 valence electrons. The van der Waals surface area contributed by atoms with Crippen molar-refractivity contribution in [3.8, 4) is 11.5 Å². The van der Waals surface area contributed by atoms with E-state index in [-0.39, 0.29) is 25.2 Å². The van der Waals surface area contributed by atoms with Gasteiger partial charge in [0.1, 0.15) is 6.54 Å². The fourth-order valence-electron chi connectivity index (χ4n) is 4.21. The topological polar surface area (TPSA) is 87.6 Å². The number of hydrogen-bond donors (Lipinski definition) is 0. The number of aromatic nitrogens is 1. The number of hydrogen-bond acceptors (Lipinski definition) is 7. The van der Waals surface area contributed by atoms with Crippen LogP contribution in [0.2, 0.25) is 5.02 Å². The summed E-state index contributed by atoms with van der Waals surface area (Å²) < 4.78 is 10.9. The first kappa shape index (κ1) is 24.7. The highest BCUT2D eigenvalue weighted by atomic mass is 35.5. The lowest BCUT2D eigenvalue weighted by atomic mass is 10.1. The number of pyridine rings is 1. The Kier molecular flexibility index (Phi) is 7.62. The number of fused-ring (bicyclic) bond motifs is 1. The lowest BCUT2D eigenvalue weighted by molar-refractivity contribution is -0.133. The molecular formula is C27H26ClN5O4. The van der Waals surface area contributed by atoms with Crippen LogP contribution in [-0.2, 0) is 11.3 Å². The van der Waals surface area contributed by atoms with Gasteiger partial charge in [-0.15, -0.1) is 0 Å². The molecule has 5 rings (SSSR count). The Bertz CT molecular complexity index is 1290. The van der Waals surface area contributed by atoms with Crippen LogP contribution in [0.25, 0.3) is 0 Å². The van der Waals surface area contributed by atoms with E-state index in [1.54, 1.807) is 35.2 Å². The van der Waals surface area contributed by atoms with Crippen LogP contribution >= 0.6 is 11.6 Å². The Hall–Kier alpha value is -3.95. The first-order valence-electron chi connectivity index (χ1n) is 12.0. The molecule has 0 N–H and O–H groups in total. The zero-order valence-electron chi connectivity index (χ0n) is 20.1. The summed E-state index contributed by atoms with van der Waals surface area (Å²) in [6.07, 6.45) is 4.60. The maximum absolute atomic E-state index is 13.2. The molecule has 1 fully saturated rings. The van der Waals surface area contributed by atoms with Gasteiger partial charge >= 0.3 is 0 Å². The Balaban J connectivity index is 1.21. The summed E-state index contributed by atoms with van der Waals surface area (Å²) in [6.45, 7) is 3.44. The van der Waals surface area contributed by atoms with Crippen LogP contribution in [-0.4, -0.2) is 77.3 Å². The summed E-state index contributed by atoms with van der Waals surface area (Å²) in [5.41, 5.74) is 2.26. The van der Waals surface area contributed by atoms with Crippen molar-refractivity contribution in [1.29, 1.82) is 0 Å². The first-order chi connectivity index (χ1) is 18.0. The summed E-state index contributed by atoms with van der Waals surface area (Å²) in [6, 6.07) is 16.3. The number of rotatable bonds is 7. The predicted octanol–water partition coefficient (Wildman–Crippen LogP) is 3.28. The third kappa shape index (κ3) is 6.25. The number of benzene rings is 2. The minimum absolute atomic E-state index is 0.159. The number of ether oxygens (including phenoxy) is 2. The van der Waals surface area contributed by atoms with Gasteiger partial charge in [-0.2, -0.15) is 5.10 Å². The van der Waals surface area contributed by atoms with Gasteiger partial charge in [0.15, 0.2) is 11.5 Å². The van der Waals surface area contributed by atoms with Gasteiger partial charge in [-0.1, -0.05) is 29.8 Å². The highest BCUT2D eigenvalue weighted by Crippen LogP contribution is 2.32. The van der Waals surface area contributed by atoms with E-state index in [4.69, 9.17) is 21.1 Å². The summed E-state index contributed by atoms with van der Waals surface area (Å²) in [5, 5.41) is 6.10. The number of piperazine rings is 1. The minimum Gasteiger partial charge on any atom is -0.454 e. The van der Waals surface area contributed by atoms with Crippen LogP contribution in [0.3, 0.4) is 0 Å². The summed E-state index contributed by atoms with van der Waals surface area (Å²) in [5.74, 6) is 0.996. The van der Waals surface area contributed by atoms with E-state index in [2.05, 4.69) is 15.0 Å². The van der Waals surface area contributed by atoms with E-state index in [1.165, 1.54) is 23.6 Å². The quantitative estimate of drug-likeness (QED) is 0.352. The largest absolute Gasteiger partial charge is 0.454 e. The predicted molar refractivity (Wildman–Crippen MR) is 139 cm³/mol. The van der Waals surface area contributed by atoms with Crippen molar-refractivity contribution >= 4 is 29.6 Å². The molecule has 0 spiro atoms. The maximum atomic E-state index is 13.2. The van der Waals surface area contributed by atoms with E-state index in [0.29, 0.717) is 23.7 Å². The molecule has 2 aliphatic rings. The van der Waals surface area contributed by atoms with Gasteiger partial charge in [0.05, 0.1) is 6.21 Å². The standard InChI is InChI=1S/C27H26ClN5O4/c28-23-3-1-2-20(14-23)16-30-33(27(35)22-6-8-29-9-7-22)18-26(34)32-12-10-31(11-13-32)17-21-4-5-24-25(15-21)37-19-36-24/h1-9,14-16H,10-13,17-19H2/b30-16+. The molecule has 1 saturated heterocycles. The van der Waals surface area contributed by atoms with Gasteiger partial charge in [-0.05, 0) is 47.5 Å². The summed E-state index contributed by atoms with van der Waals surface area (Å²) in [4.78, 5) is 34.4. The van der Waals surface area contributed by atoms with Crippen molar-refractivity contribution in [3.05, 3.63) is 88.7 Å². The second-order valence-electron chi connectivity index (χ2n) is 8.74. The molecule has 0 atom stereocenters. The van der Waals surface area contributed by atoms with Gasteiger partial charge in [0, 0.05) is 55.7 Å². The smallest absolute Gasteiger partial charge is 0.274 e. The van der Waals surface area contributed by atoms with Crippen LogP contribution in [0.5, 0.6) is 11.5 Å². The van der Waals surface area contributed by atoms with E-state index in [1.807, 2.05) is 24.3 Å². The zero-order valence-corrected chi connectivity index (χ0v) is 20.9. The zero-order chi connectivity index (χ0) is 25.6. The maximum Gasteiger partial charge on any atom is 0.274 e. The van der Waals surface area contributed by atoms with E-state index in [0.717, 1.165) is 42.3 Å². The molecule has 2 aromatic carbocycles. The molecule has 0 aliphatic carbocycles. The molecule has 9 nitrogen and oxygen atoms in total. The van der Waals surface area contributed by atoms with Crippen molar-refractivity contribution in [2.45, 2.75) is 6.54 Å². The highest BCUT2D eigenvalue weighted by molar-refractivity contribution is 6.30. The molecular weight excluding hydrogens is 494 g/mol. The Morgan fingerprint density at radius 2 is 1.78 bits per heavy atom. The second-order valence-corrected chi connectivity index (χ2v) is 9.18. The van der Waals surface area contributed by atoms with Crippen molar-refractivity contribution in [3.63, 3.8) is 0 Å². The monoisotopic (exact) mass is 519 g/mol. The van der Waals surface area contributed by atoms with Crippen LogP contribution in [0, 0.1) is 0 Å². The fraction of sp³-hybridized carbons (Fsp3) is 0.259. The van der Waals surface area contributed by atoms with Gasteiger partial charge < -0.3 is 14.4 Å². The number of halogens is 1. The van der Waals surface area contributed by atoms with Crippen molar-refractivity contribution in [2.75, 3.05) is 39.5 Å². The van der Waals surface area contributed by atoms with E-state index >= 15 is 0 Å². The molecule has 2 amide bonds. The van der Waals surface area contributed by atoms with Crippen LogP contribution in [0.15, 0.2) is 72.1 Å². The molecule has 0 saturated carbocycles. The SMILES string of the molecule is O=C(CN(/N=C/c1cccc(Cl)c1)C(=O)c1ccncc1)N1CCN(Cc2ccc3c(c2)OCO3)CC1. The molecule has 3 heterocycles. The van der Waals surface area contributed by atoms with Crippen LogP contribution in [0.4, 0.5) is 0 Å². The summed E-state index contributed by atoms with van der Waals surface area (Å²) in [7, 11) is 0. The van der Waals surface area contributed by atoms with Gasteiger partial charge in [-0.25, -0.2) is 5.01 Å². The number of amides is 2. The number of carbonyl (C=O) groups is 2. The Labute approximate surface area is 219 Å². The molecule has 0 unspecified atom stereocenters. The Morgan fingerprint density at radius 1 is 1.00 bits per heavy atom. The lowest BCUT2D eigenvalue weighted by Gasteiger charge is -2.35. The fourth-order valence-corrected chi connectivity index (χ4v) is 4.41. The molecule has 10 heteroatoms. The van der Waals surface area contributed by atoms with Crippen molar-refractivity contribution < 1.29 is 19.1 Å². The molecule has 3 aromatic rings. The van der Waals surface area contributed by atoms with Gasteiger partial charge in [0.2, 0.25) is 12.7 Å². The molecule has 2 aliphatic heterocycles. The average molecular weight is 520 g/mol. The number of carbonyl (C=O) groups excluding carboxylic acids is 2. The lowest BCUT2D eigenvalue weighted by Crippen LogP contribution is -2.51. The van der Waals surface area contributed by atoms with Crippen molar-refractivity contribution in [2.24, 2.45) is 5.10 Å². The number of hydrazone groups is 1. The highest BCUT2D eigenvalue weighted by Gasteiger charge is 2.25. The average Bonchev–Trinajstić information content (AvgIpc) is 3.39. The molecule has 1 aromatic heterocycles. The molecule has 37 heavy (non-hydrogen) atoms. The summed E-state index contributed by atoms with van der Waals surface area (Å²) >= 11 is 6.07. The van der Waals surface area contributed by atoms with Gasteiger partial charge in [0.25, 0.3) is 5.91 Å². The first-order valence-corrected chi connectivity index (χ1v) is 12.3. The van der Waals surface area contributed by atoms with Crippen LogP contribution in [0.1, 0.15) is 21.5 Å². The molecule has 0 bridgehead atoms.